The Hall–Kier alpha value is -2.54. The normalized spacial score (nSPS) is 10.4. The van der Waals surface area contributed by atoms with Crippen molar-refractivity contribution in [2.75, 3.05) is 5.73 Å². The number of nitrogen functional groups attached to an aromatic ring is 1. The smallest absolute Gasteiger partial charge is 0.0323 e. The van der Waals surface area contributed by atoms with E-state index in [1.807, 2.05) is 30.3 Å². The van der Waals surface area contributed by atoms with Gasteiger partial charge in [-0.1, -0.05) is 60.7 Å². The van der Waals surface area contributed by atoms with Gasteiger partial charge in [-0.25, -0.2) is 0 Å². The highest BCUT2D eigenvalue weighted by Gasteiger charge is 2.02. The minimum Gasteiger partial charge on any atom is -0.399 e. The second-order valence-corrected chi connectivity index (χ2v) is 4.91. The van der Waals surface area contributed by atoms with Crippen LogP contribution in [0.3, 0.4) is 0 Å². The molecule has 1 nitrogen and oxygen atoms in total. The Labute approximate surface area is 119 Å². The minimum absolute atomic E-state index is 0.807. The summed E-state index contributed by atoms with van der Waals surface area (Å²) in [5, 5.41) is 0. The first-order chi connectivity index (χ1) is 9.81. The molecule has 0 amide bonds. The van der Waals surface area contributed by atoms with Crippen LogP contribution >= 0.6 is 0 Å². The fourth-order valence-corrected chi connectivity index (χ4v) is 2.40. The van der Waals surface area contributed by atoms with Crippen molar-refractivity contribution in [3.8, 4) is 11.1 Å². The van der Waals surface area contributed by atoms with E-state index >= 15 is 0 Å². The van der Waals surface area contributed by atoms with Gasteiger partial charge in [-0.05, 0) is 46.9 Å². The molecule has 0 aliphatic carbocycles. The summed E-state index contributed by atoms with van der Waals surface area (Å²) in [5.41, 5.74) is 11.7. The van der Waals surface area contributed by atoms with Crippen LogP contribution in [0.1, 0.15) is 11.1 Å². The van der Waals surface area contributed by atoms with Crippen LogP contribution in [-0.4, -0.2) is 0 Å². The number of anilines is 1. The van der Waals surface area contributed by atoms with Gasteiger partial charge in [0.25, 0.3) is 0 Å². The third kappa shape index (κ3) is 2.89. The van der Waals surface area contributed by atoms with Gasteiger partial charge in [0.05, 0.1) is 0 Å². The third-order valence-corrected chi connectivity index (χ3v) is 3.32. The molecule has 0 heterocycles. The van der Waals surface area contributed by atoms with E-state index in [4.69, 9.17) is 5.73 Å². The molecule has 97 valence electrons. The van der Waals surface area contributed by atoms with E-state index in [1.54, 1.807) is 0 Å². The molecule has 1 radical (unpaired) electrons. The van der Waals surface area contributed by atoms with Gasteiger partial charge in [0.1, 0.15) is 0 Å². The van der Waals surface area contributed by atoms with Crippen LogP contribution in [0.5, 0.6) is 0 Å². The molecule has 20 heavy (non-hydrogen) atoms. The van der Waals surface area contributed by atoms with Gasteiger partial charge in [0.2, 0.25) is 0 Å². The van der Waals surface area contributed by atoms with E-state index in [9.17, 15) is 0 Å². The quantitative estimate of drug-likeness (QED) is 0.695. The Morgan fingerprint density at radius 2 is 1.50 bits per heavy atom. The molecular weight excluding hydrogens is 242 g/mol. The lowest BCUT2D eigenvalue weighted by atomic mass is 9.98. The molecule has 0 unspecified atom stereocenters. The lowest BCUT2D eigenvalue weighted by molar-refractivity contribution is 1.20. The minimum atomic E-state index is 0.807. The van der Waals surface area contributed by atoms with Gasteiger partial charge < -0.3 is 5.73 Å². The maximum Gasteiger partial charge on any atom is 0.0323 e. The highest BCUT2D eigenvalue weighted by molar-refractivity contribution is 5.68. The van der Waals surface area contributed by atoms with Crippen molar-refractivity contribution in [3.05, 3.63) is 90.0 Å². The Kier molecular flexibility index (Phi) is 3.51. The molecule has 0 spiro atoms. The monoisotopic (exact) mass is 258 g/mol. The molecule has 0 fully saturated rings. The molecule has 0 saturated carbocycles. The largest absolute Gasteiger partial charge is 0.399 e. The fraction of sp³-hybridized carbons (Fsp3) is 0.0526. The molecule has 3 aromatic rings. The summed E-state index contributed by atoms with van der Waals surface area (Å²) in [5.74, 6) is 0. The standard InChI is InChI=1S/C19H16N/c20-19-13-16(11-15-7-3-1-4-8-15)12-18(14-19)17-9-5-2-6-10-17/h1,3-10,12-14H,11,20H2. The highest BCUT2D eigenvalue weighted by Crippen LogP contribution is 2.24. The predicted molar refractivity (Wildman–Crippen MR) is 84.4 cm³/mol. The van der Waals surface area contributed by atoms with Crippen molar-refractivity contribution in [3.63, 3.8) is 0 Å². The van der Waals surface area contributed by atoms with Gasteiger partial charge in [0, 0.05) is 5.69 Å². The second kappa shape index (κ2) is 5.62. The maximum absolute atomic E-state index is 6.04. The Bertz CT molecular complexity index is 687. The van der Waals surface area contributed by atoms with Gasteiger partial charge in [-0.3, -0.25) is 0 Å². The number of nitrogens with two attached hydrogens (primary N) is 1. The van der Waals surface area contributed by atoms with Crippen LogP contribution in [0.25, 0.3) is 11.1 Å². The first-order valence-corrected chi connectivity index (χ1v) is 6.71. The number of rotatable bonds is 3. The van der Waals surface area contributed by atoms with Gasteiger partial charge in [-0.15, -0.1) is 0 Å². The zero-order valence-corrected chi connectivity index (χ0v) is 11.2. The predicted octanol–water partition coefficient (Wildman–Crippen LogP) is 4.33. The first-order valence-electron chi connectivity index (χ1n) is 6.71. The van der Waals surface area contributed by atoms with Crippen LogP contribution in [-0.2, 0) is 6.42 Å². The zero-order valence-electron chi connectivity index (χ0n) is 11.2. The number of hydrogen-bond donors (Lipinski definition) is 1. The molecule has 3 aromatic carbocycles. The van der Waals surface area contributed by atoms with E-state index in [0.717, 1.165) is 17.7 Å². The topological polar surface area (TPSA) is 26.0 Å². The van der Waals surface area contributed by atoms with Crippen molar-refractivity contribution in [1.29, 1.82) is 0 Å². The molecule has 0 aliphatic heterocycles. The maximum atomic E-state index is 6.04. The van der Waals surface area contributed by atoms with Crippen molar-refractivity contribution < 1.29 is 0 Å². The van der Waals surface area contributed by atoms with Gasteiger partial charge in [-0.2, -0.15) is 0 Å². The molecule has 0 saturated heterocycles. The molecular formula is C19H16N. The molecule has 0 aromatic heterocycles. The SMILES string of the molecule is Nc1cc(Cc2ccccc2)cc(-c2cc[c]cc2)c1. The van der Waals surface area contributed by atoms with Crippen molar-refractivity contribution >= 4 is 5.69 Å². The van der Waals surface area contributed by atoms with E-state index in [0.29, 0.717) is 0 Å². The van der Waals surface area contributed by atoms with E-state index in [1.165, 1.54) is 16.7 Å². The summed E-state index contributed by atoms with van der Waals surface area (Å²) in [6, 6.07) is 27.7. The Morgan fingerprint density at radius 1 is 0.750 bits per heavy atom. The summed E-state index contributed by atoms with van der Waals surface area (Å²) >= 11 is 0. The lowest BCUT2D eigenvalue weighted by Gasteiger charge is -2.08. The molecule has 0 bridgehead atoms. The molecule has 3 rings (SSSR count). The number of benzene rings is 3. The fourth-order valence-electron chi connectivity index (χ4n) is 2.40. The van der Waals surface area contributed by atoms with Crippen LogP contribution in [0.15, 0.2) is 72.8 Å². The van der Waals surface area contributed by atoms with E-state index in [-0.39, 0.29) is 0 Å². The van der Waals surface area contributed by atoms with E-state index in [2.05, 4.69) is 48.5 Å². The molecule has 0 atom stereocenters. The highest BCUT2D eigenvalue weighted by atomic mass is 14.5. The molecule has 2 N–H and O–H groups in total. The second-order valence-electron chi connectivity index (χ2n) is 4.91. The van der Waals surface area contributed by atoms with Crippen LogP contribution < -0.4 is 5.73 Å². The number of hydrogen-bond acceptors (Lipinski definition) is 1. The zero-order chi connectivity index (χ0) is 13.8. The average molecular weight is 258 g/mol. The summed E-state index contributed by atoms with van der Waals surface area (Å²) < 4.78 is 0. The molecule has 0 aliphatic rings. The van der Waals surface area contributed by atoms with Crippen molar-refractivity contribution in [2.24, 2.45) is 0 Å². The summed E-state index contributed by atoms with van der Waals surface area (Å²) in [6.07, 6.45) is 0.901. The molecule has 1 heteroatoms. The van der Waals surface area contributed by atoms with Crippen LogP contribution in [0, 0.1) is 6.07 Å². The summed E-state index contributed by atoms with van der Waals surface area (Å²) in [7, 11) is 0. The Morgan fingerprint density at radius 3 is 2.25 bits per heavy atom. The third-order valence-electron chi connectivity index (χ3n) is 3.32. The van der Waals surface area contributed by atoms with Crippen molar-refractivity contribution in [2.45, 2.75) is 6.42 Å². The lowest BCUT2D eigenvalue weighted by Crippen LogP contribution is -1.93. The summed E-state index contributed by atoms with van der Waals surface area (Å²) in [4.78, 5) is 0. The average Bonchev–Trinajstić information content (AvgIpc) is 2.49. The van der Waals surface area contributed by atoms with Crippen LogP contribution in [0.4, 0.5) is 5.69 Å². The van der Waals surface area contributed by atoms with Crippen LogP contribution in [0.2, 0.25) is 0 Å². The van der Waals surface area contributed by atoms with E-state index < -0.39 is 0 Å². The summed E-state index contributed by atoms with van der Waals surface area (Å²) in [6.45, 7) is 0. The van der Waals surface area contributed by atoms with Gasteiger partial charge in [0.15, 0.2) is 0 Å². The Balaban J connectivity index is 1.95. The first kappa shape index (κ1) is 12.5. The van der Waals surface area contributed by atoms with Crippen molar-refractivity contribution in [1.82, 2.24) is 0 Å². The van der Waals surface area contributed by atoms with Gasteiger partial charge >= 0.3 is 0 Å².